The van der Waals surface area contributed by atoms with E-state index >= 15 is 0 Å². The Labute approximate surface area is 163 Å². The van der Waals surface area contributed by atoms with Gasteiger partial charge in [0.2, 0.25) is 17.6 Å². The molecule has 10 heteroatoms. The van der Waals surface area contributed by atoms with E-state index in [1.54, 1.807) is 11.4 Å². The molecule has 148 valence electrons. The lowest BCUT2D eigenvalue weighted by Crippen LogP contribution is -2.46. The minimum atomic E-state index is -3.66. The van der Waals surface area contributed by atoms with Crippen molar-refractivity contribution in [3.05, 3.63) is 17.3 Å². The van der Waals surface area contributed by atoms with E-state index in [1.807, 2.05) is 20.8 Å². The SMILES string of the molecule is CCc1nc(-c2csc(S(=O)(=O)N3CCC[C@H](C(=O)NC(C)C)C3)c2)no1. The zero-order valence-electron chi connectivity index (χ0n) is 15.6. The number of hydrogen-bond acceptors (Lipinski definition) is 7. The van der Waals surface area contributed by atoms with Gasteiger partial charge in [-0.1, -0.05) is 12.1 Å². The van der Waals surface area contributed by atoms with E-state index in [0.29, 0.717) is 43.1 Å². The van der Waals surface area contributed by atoms with Crippen LogP contribution in [0.1, 0.15) is 39.5 Å². The maximum absolute atomic E-state index is 13.0. The molecular weight excluding hydrogens is 388 g/mol. The number of hydrogen-bond donors (Lipinski definition) is 1. The largest absolute Gasteiger partial charge is 0.354 e. The number of rotatable bonds is 6. The van der Waals surface area contributed by atoms with Crippen LogP contribution in [0.3, 0.4) is 0 Å². The summed E-state index contributed by atoms with van der Waals surface area (Å²) in [5.74, 6) is 0.489. The molecule has 2 aromatic heterocycles. The number of nitrogens with one attached hydrogen (secondary N) is 1. The number of nitrogens with zero attached hydrogens (tertiary/aromatic N) is 3. The Morgan fingerprint density at radius 2 is 2.26 bits per heavy atom. The molecule has 1 atom stereocenters. The van der Waals surface area contributed by atoms with Crippen LogP contribution in [-0.2, 0) is 21.2 Å². The molecule has 0 bridgehead atoms. The molecule has 1 aliphatic rings. The highest BCUT2D eigenvalue weighted by Crippen LogP contribution is 2.31. The van der Waals surface area contributed by atoms with Crippen LogP contribution < -0.4 is 5.32 Å². The Hall–Kier alpha value is -1.78. The number of carbonyl (C=O) groups excluding carboxylic acids is 1. The summed E-state index contributed by atoms with van der Waals surface area (Å²) in [7, 11) is -3.66. The van der Waals surface area contributed by atoms with E-state index in [0.717, 1.165) is 11.3 Å². The van der Waals surface area contributed by atoms with Gasteiger partial charge >= 0.3 is 0 Å². The van der Waals surface area contributed by atoms with Crippen molar-refractivity contribution in [3.63, 3.8) is 0 Å². The number of carbonyl (C=O) groups is 1. The summed E-state index contributed by atoms with van der Waals surface area (Å²) in [4.78, 5) is 16.5. The fourth-order valence-electron chi connectivity index (χ4n) is 2.99. The molecule has 8 nitrogen and oxygen atoms in total. The van der Waals surface area contributed by atoms with Gasteiger partial charge in [-0.05, 0) is 32.8 Å². The predicted octanol–water partition coefficient (Wildman–Crippen LogP) is 2.29. The van der Waals surface area contributed by atoms with Gasteiger partial charge in [0.25, 0.3) is 10.0 Å². The van der Waals surface area contributed by atoms with Crippen molar-refractivity contribution < 1.29 is 17.7 Å². The number of aryl methyl sites for hydroxylation is 1. The van der Waals surface area contributed by atoms with Crippen molar-refractivity contribution in [3.8, 4) is 11.4 Å². The Morgan fingerprint density at radius 3 is 2.93 bits per heavy atom. The molecule has 0 radical (unpaired) electrons. The fraction of sp³-hybridized carbons (Fsp3) is 0.588. The van der Waals surface area contributed by atoms with Crippen LogP contribution in [0.2, 0.25) is 0 Å². The van der Waals surface area contributed by atoms with Gasteiger partial charge in [-0.2, -0.15) is 9.29 Å². The topological polar surface area (TPSA) is 105 Å². The van der Waals surface area contributed by atoms with Gasteiger partial charge in [-0.25, -0.2) is 8.42 Å². The number of piperidine rings is 1. The standard InChI is InChI=1S/C17H24N4O4S2/c1-4-14-19-16(20-25-14)13-8-15(26-10-13)27(23,24)21-7-5-6-12(9-21)17(22)18-11(2)3/h8,10-12H,4-7,9H2,1-3H3,(H,18,22)/t12-/m0/s1. The summed E-state index contributed by atoms with van der Waals surface area (Å²) in [5.41, 5.74) is 0.619. The highest BCUT2D eigenvalue weighted by Gasteiger charge is 2.34. The summed E-state index contributed by atoms with van der Waals surface area (Å²) in [6.07, 6.45) is 1.98. The maximum Gasteiger partial charge on any atom is 0.252 e. The third-order valence-corrected chi connectivity index (χ3v) is 7.66. The Kier molecular flexibility index (Phi) is 5.97. The van der Waals surface area contributed by atoms with Crippen LogP contribution in [-0.4, -0.2) is 47.9 Å². The smallest absolute Gasteiger partial charge is 0.252 e. The number of aromatic nitrogens is 2. The van der Waals surface area contributed by atoms with Crippen molar-refractivity contribution in [2.75, 3.05) is 13.1 Å². The summed E-state index contributed by atoms with van der Waals surface area (Å²) < 4.78 is 32.8. The average molecular weight is 413 g/mol. The molecule has 0 saturated carbocycles. The van der Waals surface area contributed by atoms with E-state index in [-0.39, 0.29) is 28.6 Å². The summed E-state index contributed by atoms with van der Waals surface area (Å²) in [6, 6.07) is 1.61. The normalized spacial score (nSPS) is 18.7. The van der Waals surface area contributed by atoms with E-state index in [2.05, 4.69) is 15.5 Å². The van der Waals surface area contributed by atoms with E-state index in [1.165, 1.54) is 4.31 Å². The minimum absolute atomic E-state index is 0.0345. The van der Waals surface area contributed by atoms with Crippen molar-refractivity contribution in [2.45, 2.75) is 50.3 Å². The molecular formula is C17H24N4O4S2. The second-order valence-corrected chi connectivity index (χ2v) is 9.96. The molecule has 0 aromatic carbocycles. The van der Waals surface area contributed by atoms with Gasteiger partial charge in [0.1, 0.15) is 4.21 Å². The molecule has 1 N–H and O–H groups in total. The van der Waals surface area contributed by atoms with Gasteiger partial charge in [0.15, 0.2) is 0 Å². The van der Waals surface area contributed by atoms with Gasteiger partial charge in [0.05, 0.1) is 5.92 Å². The van der Waals surface area contributed by atoms with E-state index in [4.69, 9.17) is 4.52 Å². The van der Waals surface area contributed by atoms with Gasteiger partial charge < -0.3 is 9.84 Å². The highest BCUT2D eigenvalue weighted by atomic mass is 32.2. The van der Waals surface area contributed by atoms with Crippen molar-refractivity contribution in [1.29, 1.82) is 0 Å². The zero-order chi connectivity index (χ0) is 19.6. The zero-order valence-corrected chi connectivity index (χ0v) is 17.3. The molecule has 0 spiro atoms. The molecule has 2 aromatic rings. The first-order valence-corrected chi connectivity index (χ1v) is 11.3. The first-order valence-electron chi connectivity index (χ1n) is 9.03. The quantitative estimate of drug-likeness (QED) is 0.780. The second-order valence-electron chi connectivity index (χ2n) is 6.89. The monoisotopic (exact) mass is 412 g/mol. The molecule has 1 aliphatic heterocycles. The molecule has 3 heterocycles. The molecule has 1 fully saturated rings. The number of sulfonamides is 1. The Bertz CT molecular complexity index is 904. The summed E-state index contributed by atoms with van der Waals surface area (Å²) in [6.45, 7) is 6.32. The minimum Gasteiger partial charge on any atom is -0.354 e. The molecule has 3 rings (SSSR count). The highest BCUT2D eigenvalue weighted by molar-refractivity contribution is 7.91. The van der Waals surface area contributed by atoms with E-state index < -0.39 is 10.0 Å². The lowest BCUT2D eigenvalue weighted by Gasteiger charge is -2.31. The first kappa shape index (κ1) is 20.0. The second kappa shape index (κ2) is 8.07. The fourth-order valence-corrected chi connectivity index (χ4v) is 5.82. The molecule has 0 unspecified atom stereocenters. The van der Waals surface area contributed by atoms with Crippen LogP contribution in [0.25, 0.3) is 11.4 Å². The first-order chi connectivity index (χ1) is 12.8. The maximum atomic E-state index is 13.0. The lowest BCUT2D eigenvalue weighted by atomic mass is 9.98. The van der Waals surface area contributed by atoms with Crippen LogP contribution in [0.4, 0.5) is 0 Å². The van der Waals surface area contributed by atoms with E-state index in [9.17, 15) is 13.2 Å². The van der Waals surface area contributed by atoms with Crippen molar-refractivity contribution in [2.24, 2.45) is 5.92 Å². The molecule has 1 saturated heterocycles. The summed E-state index contributed by atoms with van der Waals surface area (Å²) in [5, 5.41) is 8.47. The van der Waals surface area contributed by atoms with Crippen LogP contribution in [0, 0.1) is 5.92 Å². The number of thiophene rings is 1. The predicted molar refractivity (Wildman–Crippen MR) is 102 cm³/mol. The number of amides is 1. The van der Waals surface area contributed by atoms with Gasteiger partial charge in [0, 0.05) is 36.5 Å². The Morgan fingerprint density at radius 1 is 1.48 bits per heavy atom. The third kappa shape index (κ3) is 4.39. The summed E-state index contributed by atoms with van der Waals surface area (Å²) >= 11 is 1.13. The third-order valence-electron chi connectivity index (χ3n) is 4.38. The van der Waals surface area contributed by atoms with Gasteiger partial charge in [-0.15, -0.1) is 11.3 Å². The Balaban J connectivity index is 1.77. The lowest BCUT2D eigenvalue weighted by molar-refractivity contribution is -0.126. The van der Waals surface area contributed by atoms with Gasteiger partial charge in [-0.3, -0.25) is 4.79 Å². The van der Waals surface area contributed by atoms with Crippen LogP contribution >= 0.6 is 11.3 Å². The van der Waals surface area contributed by atoms with Crippen LogP contribution in [0.15, 0.2) is 20.2 Å². The average Bonchev–Trinajstić information content (AvgIpc) is 3.30. The van der Waals surface area contributed by atoms with Crippen LogP contribution in [0.5, 0.6) is 0 Å². The molecule has 0 aliphatic carbocycles. The molecule has 1 amide bonds. The van der Waals surface area contributed by atoms with Crippen molar-refractivity contribution in [1.82, 2.24) is 19.8 Å². The van der Waals surface area contributed by atoms with Crippen molar-refractivity contribution >= 4 is 27.3 Å². The molecule has 27 heavy (non-hydrogen) atoms.